The van der Waals surface area contributed by atoms with Gasteiger partial charge in [0.2, 0.25) is 0 Å². The molecule has 1 aliphatic rings. The first kappa shape index (κ1) is 23.9. The molecule has 3 atom stereocenters. The summed E-state index contributed by atoms with van der Waals surface area (Å²) < 4.78 is 14.1. The van der Waals surface area contributed by atoms with Crippen LogP contribution in [0, 0.1) is 0 Å². The third-order valence-corrected chi connectivity index (χ3v) is 6.94. The fourth-order valence-corrected chi connectivity index (χ4v) is 5.09. The van der Waals surface area contributed by atoms with E-state index >= 15 is 0 Å². The molecule has 0 aliphatic heterocycles. The van der Waals surface area contributed by atoms with Crippen molar-refractivity contribution >= 4 is 40.7 Å². The van der Waals surface area contributed by atoms with Gasteiger partial charge in [-0.2, -0.15) is 5.10 Å². The van der Waals surface area contributed by atoms with Crippen molar-refractivity contribution in [3.8, 4) is 0 Å². The molecule has 6 nitrogen and oxygen atoms in total. The Kier molecular flexibility index (Phi) is 10.1. The predicted octanol–water partition coefficient (Wildman–Crippen LogP) is 3.29. The molecular weight excluding hydrogens is 497 g/mol. The Labute approximate surface area is 193 Å². The van der Waals surface area contributed by atoms with Gasteiger partial charge in [-0.05, 0) is 36.5 Å². The standard InChI is InChI=1S/C21H31N5OS.HI/c1-3-28(27)20-10-5-9-19(14-20)25-21(22-2)23-15-17-7-4-8-18(13-17)16-26-12-6-11-24-26;/h4,6-8,11-13,19-20H,3,5,9-10,14-16H2,1-2H3,(H2,22,23,25);1H. The molecule has 1 saturated carbocycles. The van der Waals surface area contributed by atoms with Crippen molar-refractivity contribution in [2.24, 2.45) is 4.99 Å². The van der Waals surface area contributed by atoms with Crippen molar-refractivity contribution in [3.63, 3.8) is 0 Å². The molecule has 1 aromatic carbocycles. The number of nitrogens with zero attached hydrogens (tertiary/aromatic N) is 3. The topological polar surface area (TPSA) is 71.3 Å². The van der Waals surface area contributed by atoms with Crippen molar-refractivity contribution in [1.82, 2.24) is 20.4 Å². The zero-order valence-electron chi connectivity index (χ0n) is 17.2. The van der Waals surface area contributed by atoms with Crippen molar-refractivity contribution < 1.29 is 4.21 Å². The first-order valence-corrected chi connectivity index (χ1v) is 11.5. The van der Waals surface area contributed by atoms with Gasteiger partial charge >= 0.3 is 0 Å². The molecule has 0 bridgehead atoms. The lowest BCUT2D eigenvalue weighted by Gasteiger charge is -2.30. The molecule has 0 saturated heterocycles. The SMILES string of the molecule is CCS(=O)C1CCCC(NC(=NC)NCc2cccc(Cn3cccn3)c2)C1.I. The molecule has 160 valence electrons. The minimum absolute atomic E-state index is 0. The van der Waals surface area contributed by atoms with Gasteiger partial charge in [0.25, 0.3) is 0 Å². The van der Waals surface area contributed by atoms with Gasteiger partial charge in [0.05, 0.1) is 6.54 Å². The van der Waals surface area contributed by atoms with Crippen LogP contribution in [0.5, 0.6) is 0 Å². The highest BCUT2D eigenvalue weighted by atomic mass is 127. The van der Waals surface area contributed by atoms with E-state index in [2.05, 4.69) is 45.0 Å². The molecule has 0 spiro atoms. The van der Waals surface area contributed by atoms with E-state index in [-0.39, 0.29) is 24.0 Å². The Balaban J connectivity index is 0.00000300. The number of hydrogen-bond acceptors (Lipinski definition) is 3. The highest BCUT2D eigenvalue weighted by Gasteiger charge is 2.25. The molecule has 1 aromatic heterocycles. The number of aromatic nitrogens is 2. The van der Waals surface area contributed by atoms with Gasteiger partial charge in [0.15, 0.2) is 5.96 Å². The Bertz CT molecular complexity index is 796. The molecule has 1 fully saturated rings. The summed E-state index contributed by atoms with van der Waals surface area (Å²) in [7, 11) is 1.09. The molecule has 3 unspecified atom stereocenters. The highest BCUT2D eigenvalue weighted by molar-refractivity contribution is 14.0. The van der Waals surface area contributed by atoms with Crippen molar-refractivity contribution in [2.45, 2.75) is 57.0 Å². The highest BCUT2D eigenvalue weighted by Crippen LogP contribution is 2.23. The van der Waals surface area contributed by atoms with Gasteiger partial charge in [-0.25, -0.2) is 0 Å². The third-order valence-electron chi connectivity index (χ3n) is 5.20. The van der Waals surface area contributed by atoms with Crippen LogP contribution in [0.4, 0.5) is 0 Å². The van der Waals surface area contributed by atoms with Crippen LogP contribution in [-0.2, 0) is 23.9 Å². The fourth-order valence-electron chi connectivity index (χ4n) is 3.74. The number of guanidine groups is 1. The lowest BCUT2D eigenvalue weighted by molar-refractivity contribution is 0.413. The van der Waals surface area contributed by atoms with Crippen molar-refractivity contribution in [1.29, 1.82) is 0 Å². The first-order chi connectivity index (χ1) is 13.7. The van der Waals surface area contributed by atoms with E-state index in [4.69, 9.17) is 0 Å². The zero-order valence-corrected chi connectivity index (χ0v) is 20.4. The lowest BCUT2D eigenvalue weighted by Crippen LogP contribution is -2.46. The number of halogens is 1. The van der Waals surface area contributed by atoms with Crippen molar-refractivity contribution in [3.05, 3.63) is 53.9 Å². The average Bonchev–Trinajstić information content (AvgIpc) is 3.24. The van der Waals surface area contributed by atoms with E-state index < -0.39 is 10.8 Å². The summed E-state index contributed by atoms with van der Waals surface area (Å²) in [5.74, 6) is 1.56. The second kappa shape index (κ2) is 12.3. The monoisotopic (exact) mass is 529 g/mol. The molecule has 1 heterocycles. The van der Waals surface area contributed by atoms with E-state index in [9.17, 15) is 4.21 Å². The normalized spacial score (nSPS) is 20.6. The summed E-state index contributed by atoms with van der Waals surface area (Å²) in [6.07, 6.45) is 8.04. The number of hydrogen-bond donors (Lipinski definition) is 2. The summed E-state index contributed by atoms with van der Waals surface area (Å²) in [6.45, 7) is 3.49. The van der Waals surface area contributed by atoms with Gasteiger partial charge in [0.1, 0.15) is 0 Å². The quantitative estimate of drug-likeness (QED) is 0.328. The van der Waals surface area contributed by atoms with E-state index in [0.717, 1.165) is 43.9 Å². The Morgan fingerprint density at radius 3 is 2.86 bits per heavy atom. The van der Waals surface area contributed by atoms with E-state index in [1.165, 1.54) is 11.1 Å². The number of benzene rings is 1. The molecule has 2 N–H and O–H groups in total. The molecular formula is C21H32IN5OS. The molecule has 29 heavy (non-hydrogen) atoms. The molecule has 2 aromatic rings. The summed E-state index contributed by atoms with van der Waals surface area (Å²) in [5.41, 5.74) is 2.43. The third kappa shape index (κ3) is 7.40. The maximum absolute atomic E-state index is 12.2. The molecule has 8 heteroatoms. The van der Waals surface area contributed by atoms with Crippen LogP contribution in [0.1, 0.15) is 43.7 Å². The van der Waals surface area contributed by atoms with Gasteiger partial charge in [-0.15, -0.1) is 24.0 Å². The molecule has 1 aliphatic carbocycles. The van der Waals surface area contributed by atoms with Gasteiger partial charge < -0.3 is 10.6 Å². The summed E-state index contributed by atoms with van der Waals surface area (Å²) in [4.78, 5) is 4.37. The van der Waals surface area contributed by atoms with Crippen LogP contribution in [0.2, 0.25) is 0 Å². The smallest absolute Gasteiger partial charge is 0.191 e. The van der Waals surface area contributed by atoms with Gasteiger partial charge in [0, 0.05) is 53.8 Å². The Morgan fingerprint density at radius 1 is 1.31 bits per heavy atom. The number of rotatable bonds is 7. The van der Waals surface area contributed by atoms with Crippen LogP contribution in [0.25, 0.3) is 0 Å². The minimum atomic E-state index is -0.708. The lowest BCUT2D eigenvalue weighted by atomic mass is 9.95. The average molecular weight is 529 g/mol. The molecule has 0 amide bonds. The summed E-state index contributed by atoms with van der Waals surface area (Å²) in [6, 6.07) is 10.8. The summed E-state index contributed by atoms with van der Waals surface area (Å²) >= 11 is 0. The van der Waals surface area contributed by atoms with E-state index in [1.54, 1.807) is 13.2 Å². The largest absolute Gasteiger partial charge is 0.354 e. The van der Waals surface area contributed by atoms with Gasteiger partial charge in [-0.3, -0.25) is 13.9 Å². The van der Waals surface area contributed by atoms with Crippen LogP contribution >= 0.6 is 24.0 Å². The van der Waals surface area contributed by atoms with Crippen LogP contribution in [-0.4, -0.2) is 44.0 Å². The second-order valence-corrected chi connectivity index (χ2v) is 9.25. The predicted molar refractivity (Wildman–Crippen MR) is 131 cm³/mol. The number of aliphatic imine (C=N–C) groups is 1. The fraction of sp³-hybridized carbons (Fsp3) is 0.524. The Hall–Kier alpha value is -1.42. The van der Waals surface area contributed by atoms with Crippen LogP contribution in [0.15, 0.2) is 47.7 Å². The number of nitrogens with one attached hydrogen (secondary N) is 2. The van der Waals surface area contributed by atoms with Crippen LogP contribution in [0.3, 0.4) is 0 Å². The maximum atomic E-state index is 12.2. The first-order valence-electron chi connectivity index (χ1n) is 10.1. The molecule has 0 radical (unpaired) electrons. The molecule has 3 rings (SSSR count). The minimum Gasteiger partial charge on any atom is -0.354 e. The maximum Gasteiger partial charge on any atom is 0.191 e. The zero-order chi connectivity index (χ0) is 19.8. The van der Waals surface area contributed by atoms with E-state index in [1.807, 2.05) is 23.9 Å². The van der Waals surface area contributed by atoms with Gasteiger partial charge in [-0.1, -0.05) is 37.6 Å². The Morgan fingerprint density at radius 2 is 2.14 bits per heavy atom. The van der Waals surface area contributed by atoms with Crippen molar-refractivity contribution in [2.75, 3.05) is 12.8 Å². The van der Waals surface area contributed by atoms with Crippen LogP contribution < -0.4 is 10.6 Å². The second-order valence-electron chi connectivity index (χ2n) is 7.25. The summed E-state index contributed by atoms with van der Waals surface area (Å²) in [5, 5.41) is 11.5. The van der Waals surface area contributed by atoms with E-state index in [0.29, 0.717) is 17.8 Å².